The number of fused-ring (bicyclic) bond motifs is 1. The Bertz CT molecular complexity index is 742. The molecule has 158 valence electrons. The van der Waals surface area contributed by atoms with Crippen LogP contribution in [0.25, 0.3) is 0 Å². The van der Waals surface area contributed by atoms with E-state index in [0.717, 1.165) is 6.42 Å². The van der Waals surface area contributed by atoms with Gasteiger partial charge in [0.25, 0.3) is 0 Å². The van der Waals surface area contributed by atoms with Gasteiger partial charge < -0.3 is 28.8 Å². The summed E-state index contributed by atoms with van der Waals surface area (Å²) in [6, 6.07) is 8.48. The lowest BCUT2D eigenvalue weighted by Crippen LogP contribution is -2.61. The van der Waals surface area contributed by atoms with Crippen LogP contribution in [0.3, 0.4) is 0 Å². The van der Waals surface area contributed by atoms with Gasteiger partial charge in [-0.2, -0.15) is 0 Å². The molecule has 0 aromatic heterocycles. The second kappa shape index (κ2) is 8.12. The summed E-state index contributed by atoms with van der Waals surface area (Å²) in [4.78, 5) is 25.8. The molecule has 3 fully saturated rings. The van der Waals surface area contributed by atoms with E-state index in [1.807, 2.05) is 0 Å². The molecule has 6 atom stereocenters. The molecule has 2 heterocycles. The molecule has 2 saturated heterocycles. The van der Waals surface area contributed by atoms with E-state index in [-0.39, 0.29) is 5.78 Å². The van der Waals surface area contributed by atoms with Crippen molar-refractivity contribution in [2.75, 3.05) is 13.2 Å². The Kier molecular flexibility index (Phi) is 5.72. The van der Waals surface area contributed by atoms with Crippen molar-refractivity contribution in [3.05, 3.63) is 35.9 Å². The third kappa shape index (κ3) is 4.08. The molecule has 0 radical (unpaired) electrons. The average molecular weight is 406 g/mol. The number of benzene rings is 1. The second-order valence-electron chi connectivity index (χ2n) is 7.99. The monoisotopic (exact) mass is 406 g/mol. The van der Waals surface area contributed by atoms with Crippen molar-refractivity contribution >= 4 is 11.8 Å². The Hall–Kier alpha value is -1.84. The number of ketones is 1. The van der Waals surface area contributed by atoms with Crippen LogP contribution in [0.1, 0.15) is 37.0 Å². The highest BCUT2D eigenvalue weighted by Crippen LogP contribution is 2.41. The number of carbonyl (C=O) groups is 2. The molecule has 0 bridgehead atoms. The van der Waals surface area contributed by atoms with Gasteiger partial charge in [-0.15, -0.1) is 0 Å². The minimum atomic E-state index is -0.991. The second-order valence-corrected chi connectivity index (χ2v) is 7.99. The highest BCUT2D eigenvalue weighted by Gasteiger charge is 2.60. The van der Waals surface area contributed by atoms with Crippen molar-refractivity contribution in [2.24, 2.45) is 5.92 Å². The summed E-state index contributed by atoms with van der Waals surface area (Å²) in [6.45, 7) is 3.53. The summed E-state index contributed by atoms with van der Waals surface area (Å²) in [6.07, 6.45) is -2.44. The van der Waals surface area contributed by atoms with Crippen LogP contribution < -0.4 is 0 Å². The first-order valence-electron chi connectivity index (χ1n) is 9.93. The van der Waals surface area contributed by atoms with Crippen LogP contribution in [-0.2, 0) is 28.5 Å². The van der Waals surface area contributed by atoms with Crippen molar-refractivity contribution < 1.29 is 38.4 Å². The fourth-order valence-corrected chi connectivity index (χ4v) is 4.14. The molecule has 0 spiro atoms. The summed E-state index contributed by atoms with van der Waals surface area (Å²) < 4.78 is 29.0. The molecule has 4 rings (SSSR count). The molecule has 1 aliphatic carbocycles. The molecule has 1 N–H and O–H groups in total. The molecule has 2 aliphatic heterocycles. The van der Waals surface area contributed by atoms with Gasteiger partial charge in [0.05, 0.1) is 18.1 Å². The van der Waals surface area contributed by atoms with Crippen LogP contribution in [0.5, 0.6) is 0 Å². The molecule has 1 unspecified atom stereocenters. The van der Waals surface area contributed by atoms with E-state index in [0.29, 0.717) is 18.6 Å². The topological polar surface area (TPSA) is 101 Å². The Morgan fingerprint density at radius 3 is 2.59 bits per heavy atom. The van der Waals surface area contributed by atoms with Crippen LogP contribution in [0, 0.1) is 5.92 Å². The van der Waals surface area contributed by atoms with Crippen molar-refractivity contribution in [1.82, 2.24) is 0 Å². The maximum absolute atomic E-state index is 13.2. The summed E-state index contributed by atoms with van der Waals surface area (Å²) in [7, 11) is 0. The van der Waals surface area contributed by atoms with Crippen LogP contribution in [0.2, 0.25) is 0 Å². The van der Waals surface area contributed by atoms with Gasteiger partial charge >= 0.3 is 5.97 Å². The van der Waals surface area contributed by atoms with Crippen LogP contribution in [0.15, 0.2) is 30.3 Å². The number of aliphatic hydroxyl groups is 1. The summed E-state index contributed by atoms with van der Waals surface area (Å²) in [5, 5.41) is 9.95. The van der Waals surface area contributed by atoms with Crippen molar-refractivity contribution in [3.63, 3.8) is 0 Å². The number of ether oxygens (including phenoxy) is 5. The number of carbonyl (C=O) groups excluding carboxylic acids is 2. The zero-order chi connectivity index (χ0) is 20.6. The van der Waals surface area contributed by atoms with E-state index >= 15 is 0 Å². The van der Waals surface area contributed by atoms with E-state index < -0.39 is 55.0 Å². The quantitative estimate of drug-likeness (QED) is 0.734. The first-order chi connectivity index (χ1) is 13.9. The van der Waals surface area contributed by atoms with E-state index in [1.165, 1.54) is 0 Å². The minimum absolute atomic E-state index is 0.351. The van der Waals surface area contributed by atoms with Gasteiger partial charge in [0.1, 0.15) is 24.4 Å². The molecule has 3 aliphatic rings. The largest absolute Gasteiger partial charge is 0.455 e. The number of esters is 1. The van der Waals surface area contributed by atoms with Gasteiger partial charge in [-0.3, -0.25) is 4.79 Å². The molecular formula is C21H26O8. The average Bonchev–Trinajstić information content (AvgIpc) is 3.32. The smallest absolute Gasteiger partial charge is 0.338 e. The SMILES string of the molecule is CC1(C)O[C@H]2[C@@H](OC(=O)c3ccccc3)[C@H](CO)C(=O)[C@@H](OC3CCCO3)[C@H]2O1. The number of rotatable bonds is 5. The maximum Gasteiger partial charge on any atom is 0.338 e. The first kappa shape index (κ1) is 20.4. The Morgan fingerprint density at radius 2 is 1.93 bits per heavy atom. The maximum atomic E-state index is 13.2. The van der Waals surface area contributed by atoms with Crippen LogP contribution >= 0.6 is 0 Å². The van der Waals surface area contributed by atoms with Crippen molar-refractivity contribution in [1.29, 1.82) is 0 Å². The van der Waals surface area contributed by atoms with E-state index in [4.69, 9.17) is 23.7 Å². The Labute approximate surface area is 169 Å². The number of hydrogen-bond donors (Lipinski definition) is 1. The molecule has 29 heavy (non-hydrogen) atoms. The molecular weight excluding hydrogens is 380 g/mol. The lowest BCUT2D eigenvalue weighted by atomic mass is 9.79. The lowest BCUT2D eigenvalue weighted by Gasteiger charge is -2.40. The number of aliphatic hydroxyl groups excluding tert-OH is 1. The number of Topliss-reactive ketones (excluding diaryl/α,β-unsaturated/α-hetero) is 1. The zero-order valence-corrected chi connectivity index (χ0v) is 16.5. The van der Waals surface area contributed by atoms with Crippen LogP contribution in [-0.4, -0.2) is 66.6 Å². The van der Waals surface area contributed by atoms with Crippen molar-refractivity contribution in [3.8, 4) is 0 Å². The molecule has 1 aromatic carbocycles. The predicted molar refractivity (Wildman–Crippen MR) is 98.9 cm³/mol. The van der Waals surface area contributed by atoms with Crippen molar-refractivity contribution in [2.45, 2.75) is 63.2 Å². The first-order valence-corrected chi connectivity index (χ1v) is 9.93. The third-order valence-corrected chi connectivity index (χ3v) is 5.46. The molecule has 1 aromatic rings. The van der Waals surface area contributed by atoms with E-state index in [2.05, 4.69) is 0 Å². The summed E-state index contributed by atoms with van der Waals surface area (Å²) in [5.74, 6) is -2.94. The lowest BCUT2D eigenvalue weighted by molar-refractivity contribution is -0.205. The predicted octanol–water partition coefficient (Wildman–Crippen LogP) is 1.44. The van der Waals surface area contributed by atoms with Gasteiger partial charge in [-0.05, 0) is 32.4 Å². The van der Waals surface area contributed by atoms with Gasteiger partial charge in [0, 0.05) is 13.0 Å². The van der Waals surface area contributed by atoms with E-state index in [9.17, 15) is 14.7 Å². The Balaban J connectivity index is 1.60. The third-order valence-electron chi connectivity index (χ3n) is 5.46. The molecule has 0 amide bonds. The number of hydrogen-bond acceptors (Lipinski definition) is 8. The molecule has 8 nitrogen and oxygen atoms in total. The standard InChI is InChI=1S/C21H26O8/c1-21(2)28-18-16(27-20(24)12-7-4-3-5-8-12)13(11-22)15(23)17(19(18)29-21)26-14-9-6-10-25-14/h3-5,7-8,13-14,16-19,22H,6,9-11H2,1-2H3/t13-,14?,16+,17-,18+,19-/m1/s1. The van der Waals surface area contributed by atoms with E-state index in [1.54, 1.807) is 44.2 Å². The zero-order valence-electron chi connectivity index (χ0n) is 16.5. The normalized spacial score (nSPS) is 36.0. The van der Waals surface area contributed by atoms with Gasteiger partial charge in [0.2, 0.25) is 0 Å². The van der Waals surface area contributed by atoms with Gasteiger partial charge in [-0.25, -0.2) is 4.79 Å². The van der Waals surface area contributed by atoms with Crippen LogP contribution in [0.4, 0.5) is 0 Å². The minimum Gasteiger partial charge on any atom is -0.455 e. The fourth-order valence-electron chi connectivity index (χ4n) is 4.14. The fraction of sp³-hybridized carbons (Fsp3) is 0.619. The Morgan fingerprint density at radius 1 is 1.21 bits per heavy atom. The highest BCUT2D eigenvalue weighted by molar-refractivity contribution is 5.91. The summed E-state index contributed by atoms with van der Waals surface area (Å²) >= 11 is 0. The molecule has 1 saturated carbocycles. The highest BCUT2D eigenvalue weighted by atomic mass is 16.8. The van der Waals surface area contributed by atoms with Gasteiger partial charge in [-0.1, -0.05) is 18.2 Å². The molecule has 8 heteroatoms. The summed E-state index contributed by atoms with van der Waals surface area (Å²) in [5.41, 5.74) is 0.351. The van der Waals surface area contributed by atoms with Gasteiger partial charge in [0.15, 0.2) is 17.9 Å².